The number of aromatic nitrogens is 1. The summed E-state index contributed by atoms with van der Waals surface area (Å²) in [5, 5.41) is 2.54. The standard InChI is InChI=1S/C8H9N3O2S/c9-6(12)8(7(10)13)3-4(8)5-11-1-2-14-5/h1-2,4H,3H2,(H2,9,12)(H2,10,13). The molecule has 14 heavy (non-hydrogen) atoms. The van der Waals surface area contributed by atoms with Gasteiger partial charge in [0, 0.05) is 17.5 Å². The van der Waals surface area contributed by atoms with Gasteiger partial charge in [-0.25, -0.2) is 4.98 Å². The number of amides is 2. The van der Waals surface area contributed by atoms with Gasteiger partial charge in [-0.1, -0.05) is 0 Å². The second kappa shape index (κ2) is 2.78. The molecular weight excluding hydrogens is 202 g/mol. The Morgan fingerprint density at radius 2 is 2.14 bits per heavy atom. The number of nitrogens with two attached hydrogens (primary N) is 2. The third-order valence-electron chi connectivity index (χ3n) is 2.59. The van der Waals surface area contributed by atoms with Crippen LogP contribution in [0, 0.1) is 5.41 Å². The Labute approximate surface area is 84.1 Å². The van der Waals surface area contributed by atoms with E-state index in [1.807, 2.05) is 0 Å². The lowest BCUT2D eigenvalue weighted by atomic mass is 10.0. The Morgan fingerprint density at radius 1 is 1.50 bits per heavy atom. The normalized spacial score (nSPS) is 23.0. The quantitative estimate of drug-likeness (QED) is 0.664. The maximum absolute atomic E-state index is 11.1. The van der Waals surface area contributed by atoms with Crippen LogP contribution in [0.25, 0.3) is 0 Å². The van der Waals surface area contributed by atoms with Crippen LogP contribution in [0.5, 0.6) is 0 Å². The van der Waals surface area contributed by atoms with Gasteiger partial charge in [-0.15, -0.1) is 11.3 Å². The first-order valence-electron chi connectivity index (χ1n) is 4.08. The SMILES string of the molecule is NC(=O)C1(C(N)=O)CC1c1nccs1. The summed E-state index contributed by atoms with van der Waals surface area (Å²) in [6.45, 7) is 0. The van der Waals surface area contributed by atoms with Crippen molar-refractivity contribution in [3.63, 3.8) is 0 Å². The van der Waals surface area contributed by atoms with Crippen molar-refractivity contribution in [3.05, 3.63) is 16.6 Å². The van der Waals surface area contributed by atoms with Crippen molar-refractivity contribution >= 4 is 23.2 Å². The molecular formula is C8H9N3O2S. The predicted molar refractivity (Wildman–Crippen MR) is 50.3 cm³/mol. The molecule has 2 amide bonds. The summed E-state index contributed by atoms with van der Waals surface area (Å²) in [4.78, 5) is 26.3. The molecule has 1 heterocycles. The third kappa shape index (κ3) is 1.04. The molecule has 0 saturated heterocycles. The highest BCUT2D eigenvalue weighted by molar-refractivity contribution is 7.09. The van der Waals surface area contributed by atoms with Crippen molar-refractivity contribution in [2.75, 3.05) is 0 Å². The highest BCUT2D eigenvalue weighted by Crippen LogP contribution is 2.59. The smallest absolute Gasteiger partial charge is 0.233 e. The van der Waals surface area contributed by atoms with Crippen LogP contribution >= 0.6 is 11.3 Å². The van der Waals surface area contributed by atoms with Gasteiger partial charge in [0.2, 0.25) is 11.8 Å². The van der Waals surface area contributed by atoms with Crippen LogP contribution in [0.2, 0.25) is 0 Å². The minimum absolute atomic E-state index is 0.211. The molecule has 2 rings (SSSR count). The molecule has 1 aromatic heterocycles. The van der Waals surface area contributed by atoms with E-state index in [2.05, 4.69) is 4.98 Å². The summed E-state index contributed by atoms with van der Waals surface area (Å²) < 4.78 is 0. The monoisotopic (exact) mass is 211 g/mol. The lowest BCUT2D eigenvalue weighted by Crippen LogP contribution is -2.38. The number of carbonyl (C=O) groups is 2. The van der Waals surface area contributed by atoms with Crippen molar-refractivity contribution in [2.24, 2.45) is 16.9 Å². The molecule has 0 aromatic carbocycles. The van der Waals surface area contributed by atoms with E-state index < -0.39 is 17.2 Å². The topological polar surface area (TPSA) is 99.1 Å². The Hall–Kier alpha value is -1.43. The van der Waals surface area contributed by atoms with Crippen molar-refractivity contribution < 1.29 is 9.59 Å². The molecule has 6 heteroatoms. The third-order valence-corrected chi connectivity index (χ3v) is 3.48. The molecule has 1 saturated carbocycles. The Bertz CT molecular complexity index is 373. The minimum atomic E-state index is -1.18. The lowest BCUT2D eigenvalue weighted by Gasteiger charge is -2.06. The predicted octanol–water partition coefficient (Wildman–Crippen LogP) is -0.413. The number of nitrogens with zero attached hydrogens (tertiary/aromatic N) is 1. The van der Waals surface area contributed by atoms with E-state index in [1.165, 1.54) is 11.3 Å². The zero-order valence-corrected chi connectivity index (χ0v) is 8.08. The van der Waals surface area contributed by atoms with Gasteiger partial charge in [0.15, 0.2) is 0 Å². The second-order valence-electron chi connectivity index (χ2n) is 3.33. The number of carbonyl (C=O) groups excluding carboxylic acids is 2. The zero-order chi connectivity index (χ0) is 10.3. The fraction of sp³-hybridized carbons (Fsp3) is 0.375. The van der Waals surface area contributed by atoms with E-state index in [-0.39, 0.29) is 5.92 Å². The summed E-state index contributed by atoms with van der Waals surface area (Å²) in [5.74, 6) is -1.51. The molecule has 0 bridgehead atoms. The van der Waals surface area contributed by atoms with E-state index in [1.54, 1.807) is 11.6 Å². The van der Waals surface area contributed by atoms with Gasteiger partial charge in [-0.05, 0) is 6.42 Å². The Morgan fingerprint density at radius 3 is 2.50 bits per heavy atom. The molecule has 0 aliphatic heterocycles. The molecule has 1 fully saturated rings. The zero-order valence-electron chi connectivity index (χ0n) is 7.27. The highest BCUT2D eigenvalue weighted by Gasteiger charge is 2.65. The first-order chi connectivity index (χ1) is 6.59. The minimum Gasteiger partial charge on any atom is -0.369 e. The van der Waals surface area contributed by atoms with Gasteiger partial charge in [0.1, 0.15) is 5.41 Å². The van der Waals surface area contributed by atoms with E-state index in [0.29, 0.717) is 6.42 Å². The number of hydrogen-bond acceptors (Lipinski definition) is 4. The largest absolute Gasteiger partial charge is 0.369 e. The van der Waals surface area contributed by atoms with E-state index in [0.717, 1.165) is 5.01 Å². The van der Waals surface area contributed by atoms with Crippen molar-refractivity contribution in [3.8, 4) is 0 Å². The molecule has 0 spiro atoms. The molecule has 1 aliphatic carbocycles. The van der Waals surface area contributed by atoms with Gasteiger partial charge in [0.25, 0.3) is 0 Å². The Balaban J connectivity index is 2.30. The molecule has 1 aromatic rings. The highest BCUT2D eigenvalue weighted by atomic mass is 32.1. The van der Waals surface area contributed by atoms with Gasteiger partial charge >= 0.3 is 0 Å². The van der Waals surface area contributed by atoms with Crippen molar-refractivity contribution in [1.82, 2.24) is 4.98 Å². The van der Waals surface area contributed by atoms with E-state index in [4.69, 9.17) is 11.5 Å². The first-order valence-corrected chi connectivity index (χ1v) is 4.96. The van der Waals surface area contributed by atoms with Crippen LogP contribution in [0.3, 0.4) is 0 Å². The van der Waals surface area contributed by atoms with E-state index >= 15 is 0 Å². The van der Waals surface area contributed by atoms with Crippen LogP contribution in [0.4, 0.5) is 0 Å². The first kappa shape index (κ1) is 9.14. The number of hydrogen-bond donors (Lipinski definition) is 2. The number of rotatable bonds is 3. The summed E-state index contributed by atoms with van der Waals surface area (Å²) in [5.41, 5.74) is 9.15. The van der Waals surface area contributed by atoms with Crippen molar-refractivity contribution in [1.29, 1.82) is 0 Å². The average Bonchev–Trinajstić information content (AvgIpc) is 2.66. The molecule has 1 atom stereocenters. The summed E-state index contributed by atoms with van der Waals surface area (Å²) in [7, 11) is 0. The van der Waals surface area contributed by atoms with Gasteiger partial charge < -0.3 is 11.5 Å². The van der Waals surface area contributed by atoms with Crippen LogP contribution in [0.1, 0.15) is 17.3 Å². The second-order valence-corrected chi connectivity index (χ2v) is 4.25. The van der Waals surface area contributed by atoms with Gasteiger partial charge in [0.05, 0.1) is 5.01 Å². The fourth-order valence-corrected chi connectivity index (χ4v) is 2.47. The number of thiazole rings is 1. The van der Waals surface area contributed by atoms with Crippen LogP contribution in [0.15, 0.2) is 11.6 Å². The lowest BCUT2D eigenvalue weighted by molar-refractivity contribution is -0.133. The fourth-order valence-electron chi connectivity index (χ4n) is 1.63. The van der Waals surface area contributed by atoms with Gasteiger partial charge in [-0.2, -0.15) is 0 Å². The molecule has 0 radical (unpaired) electrons. The van der Waals surface area contributed by atoms with Crippen LogP contribution in [-0.2, 0) is 9.59 Å². The maximum atomic E-state index is 11.1. The molecule has 5 nitrogen and oxygen atoms in total. The van der Waals surface area contributed by atoms with Crippen LogP contribution in [-0.4, -0.2) is 16.8 Å². The summed E-state index contributed by atoms with van der Waals surface area (Å²) in [6, 6.07) is 0. The Kier molecular flexibility index (Phi) is 1.81. The summed E-state index contributed by atoms with van der Waals surface area (Å²) in [6.07, 6.45) is 2.02. The van der Waals surface area contributed by atoms with Crippen LogP contribution < -0.4 is 11.5 Å². The molecule has 74 valence electrons. The van der Waals surface area contributed by atoms with E-state index in [9.17, 15) is 9.59 Å². The molecule has 4 N–H and O–H groups in total. The van der Waals surface area contributed by atoms with Crippen molar-refractivity contribution in [2.45, 2.75) is 12.3 Å². The average molecular weight is 211 g/mol. The molecule has 1 unspecified atom stereocenters. The summed E-state index contributed by atoms with van der Waals surface area (Å²) >= 11 is 1.40. The number of primary amides is 2. The molecule has 1 aliphatic rings. The van der Waals surface area contributed by atoms with Gasteiger partial charge in [-0.3, -0.25) is 9.59 Å². The maximum Gasteiger partial charge on any atom is 0.233 e.